The van der Waals surface area contributed by atoms with E-state index < -0.39 is 0 Å². The summed E-state index contributed by atoms with van der Waals surface area (Å²) in [7, 11) is 3.68. The quantitative estimate of drug-likeness (QED) is 0.441. The van der Waals surface area contributed by atoms with Gasteiger partial charge in [0.1, 0.15) is 11.6 Å². The van der Waals surface area contributed by atoms with E-state index in [1.54, 1.807) is 7.11 Å². The van der Waals surface area contributed by atoms with Crippen LogP contribution in [0, 0.1) is 0 Å². The van der Waals surface area contributed by atoms with E-state index in [4.69, 9.17) is 20.9 Å². The lowest BCUT2D eigenvalue weighted by Crippen LogP contribution is -2.05. The van der Waals surface area contributed by atoms with Crippen molar-refractivity contribution in [2.45, 2.75) is 19.3 Å². The zero-order valence-corrected chi connectivity index (χ0v) is 17.2. The fraction of sp³-hybridized carbons (Fsp3) is 0.227. The zero-order valence-electron chi connectivity index (χ0n) is 16.5. The molecule has 0 aliphatic heterocycles. The molecule has 6 nitrogen and oxygen atoms in total. The molecule has 2 heterocycles. The summed E-state index contributed by atoms with van der Waals surface area (Å²) in [5, 5.41) is 4.73. The minimum atomic E-state index is 0.159. The van der Waals surface area contributed by atoms with Crippen molar-refractivity contribution in [1.82, 2.24) is 19.7 Å². The summed E-state index contributed by atoms with van der Waals surface area (Å²) in [6, 6.07) is 15.3. The van der Waals surface area contributed by atoms with Crippen LogP contribution in [0.3, 0.4) is 0 Å². The van der Waals surface area contributed by atoms with Crippen LogP contribution in [0.4, 0.5) is 0 Å². The molecule has 7 heteroatoms. The Hall–Kier alpha value is -3.12. The van der Waals surface area contributed by atoms with Crippen molar-refractivity contribution >= 4 is 11.6 Å². The lowest BCUT2D eigenvalue weighted by Gasteiger charge is -2.11. The molecule has 2 aromatic heterocycles. The van der Waals surface area contributed by atoms with E-state index in [0.29, 0.717) is 23.2 Å². The second-order valence-corrected chi connectivity index (χ2v) is 7.36. The van der Waals surface area contributed by atoms with Crippen LogP contribution in [0.2, 0.25) is 5.02 Å². The Morgan fingerprint density at radius 1 is 1.14 bits per heavy atom. The zero-order chi connectivity index (χ0) is 20.4. The van der Waals surface area contributed by atoms with Crippen LogP contribution in [-0.4, -0.2) is 26.8 Å². The number of methoxy groups -OCH3 is 1. The number of benzene rings is 2. The lowest BCUT2D eigenvalue weighted by molar-refractivity contribution is 0.370. The monoisotopic (exact) mass is 408 g/mol. The molecule has 0 fully saturated rings. The smallest absolute Gasteiger partial charge is 0.227 e. The second-order valence-electron chi connectivity index (χ2n) is 6.92. The molecule has 0 saturated heterocycles. The molecule has 0 radical (unpaired) electrons. The number of nitrogens with zero attached hydrogens (tertiary/aromatic N) is 4. The van der Waals surface area contributed by atoms with Crippen LogP contribution >= 0.6 is 11.6 Å². The third kappa shape index (κ3) is 4.03. The molecule has 0 spiro atoms. The molecule has 148 valence electrons. The Morgan fingerprint density at radius 3 is 2.66 bits per heavy atom. The molecular weight excluding hydrogens is 388 g/mol. The van der Waals surface area contributed by atoms with Gasteiger partial charge in [0.25, 0.3) is 0 Å². The number of halogens is 1. The van der Waals surface area contributed by atoms with Crippen molar-refractivity contribution in [3.8, 4) is 28.5 Å². The van der Waals surface area contributed by atoms with E-state index in [9.17, 15) is 0 Å². The summed E-state index contributed by atoms with van der Waals surface area (Å²) >= 11 is 6.05. The van der Waals surface area contributed by atoms with Gasteiger partial charge in [-0.25, -0.2) is 4.98 Å². The van der Waals surface area contributed by atoms with Gasteiger partial charge in [-0.1, -0.05) is 35.8 Å². The molecule has 2 aromatic carbocycles. The van der Waals surface area contributed by atoms with Gasteiger partial charge >= 0.3 is 0 Å². The number of imidazole rings is 1. The van der Waals surface area contributed by atoms with Gasteiger partial charge in [0.15, 0.2) is 0 Å². The first-order chi connectivity index (χ1) is 14.0. The SMILES string of the molecule is COc1ccc(-c2ncc(C(C)Cc3nc(-c4cccc(Cl)c4)no3)n2C)cc1. The van der Waals surface area contributed by atoms with Crippen LogP contribution in [0.5, 0.6) is 5.75 Å². The van der Waals surface area contributed by atoms with Crippen molar-refractivity contribution in [3.05, 3.63) is 71.3 Å². The summed E-state index contributed by atoms with van der Waals surface area (Å²) < 4.78 is 12.8. The number of aromatic nitrogens is 4. The van der Waals surface area contributed by atoms with E-state index in [-0.39, 0.29) is 5.92 Å². The number of ether oxygens (including phenoxy) is 1. The highest BCUT2D eigenvalue weighted by molar-refractivity contribution is 6.30. The highest BCUT2D eigenvalue weighted by Crippen LogP contribution is 2.27. The lowest BCUT2D eigenvalue weighted by atomic mass is 10.0. The van der Waals surface area contributed by atoms with Gasteiger partial charge in [-0.05, 0) is 36.4 Å². The maximum Gasteiger partial charge on any atom is 0.227 e. The third-order valence-corrected chi connectivity index (χ3v) is 5.14. The van der Waals surface area contributed by atoms with Crippen LogP contribution in [0.15, 0.2) is 59.3 Å². The topological polar surface area (TPSA) is 66.0 Å². The molecule has 0 aliphatic rings. The Balaban J connectivity index is 1.52. The van der Waals surface area contributed by atoms with Gasteiger partial charge in [-0.2, -0.15) is 4.98 Å². The fourth-order valence-corrected chi connectivity index (χ4v) is 3.53. The Kier molecular flexibility index (Phi) is 5.36. The maximum atomic E-state index is 6.05. The molecular formula is C22H21ClN4O2. The number of hydrogen-bond acceptors (Lipinski definition) is 5. The van der Waals surface area contributed by atoms with Gasteiger partial charge in [0.2, 0.25) is 11.7 Å². The van der Waals surface area contributed by atoms with Crippen LogP contribution in [0.1, 0.15) is 24.4 Å². The molecule has 29 heavy (non-hydrogen) atoms. The summed E-state index contributed by atoms with van der Waals surface area (Å²) in [6.45, 7) is 2.12. The number of rotatable bonds is 6. The van der Waals surface area contributed by atoms with Crippen LogP contribution < -0.4 is 4.74 Å². The average Bonchev–Trinajstić information content (AvgIpc) is 3.35. The Labute approximate surface area is 174 Å². The molecule has 1 atom stereocenters. The Morgan fingerprint density at radius 2 is 1.93 bits per heavy atom. The van der Waals surface area contributed by atoms with Crippen molar-refractivity contribution in [3.63, 3.8) is 0 Å². The van der Waals surface area contributed by atoms with Gasteiger partial charge in [-0.3, -0.25) is 0 Å². The van der Waals surface area contributed by atoms with E-state index in [1.807, 2.05) is 61.8 Å². The van der Waals surface area contributed by atoms with Crippen LogP contribution in [-0.2, 0) is 13.5 Å². The Bertz CT molecular complexity index is 1120. The summed E-state index contributed by atoms with van der Waals surface area (Å²) in [4.78, 5) is 9.13. The molecule has 0 aliphatic carbocycles. The average molecular weight is 409 g/mol. The van der Waals surface area contributed by atoms with Crippen molar-refractivity contribution < 1.29 is 9.26 Å². The van der Waals surface area contributed by atoms with E-state index in [0.717, 1.165) is 28.4 Å². The highest BCUT2D eigenvalue weighted by Gasteiger charge is 2.18. The van der Waals surface area contributed by atoms with Crippen molar-refractivity contribution in [2.24, 2.45) is 7.05 Å². The minimum absolute atomic E-state index is 0.159. The van der Waals surface area contributed by atoms with Crippen molar-refractivity contribution in [1.29, 1.82) is 0 Å². The molecule has 4 rings (SSSR count). The minimum Gasteiger partial charge on any atom is -0.497 e. The van der Waals surface area contributed by atoms with Crippen LogP contribution in [0.25, 0.3) is 22.8 Å². The van der Waals surface area contributed by atoms with Gasteiger partial charge in [0, 0.05) is 47.4 Å². The number of hydrogen-bond donors (Lipinski definition) is 0. The van der Waals surface area contributed by atoms with Crippen molar-refractivity contribution in [2.75, 3.05) is 7.11 Å². The fourth-order valence-electron chi connectivity index (χ4n) is 3.34. The normalized spacial score (nSPS) is 12.1. The van der Waals surface area contributed by atoms with E-state index in [1.165, 1.54) is 0 Å². The maximum absolute atomic E-state index is 6.05. The summed E-state index contributed by atoms with van der Waals surface area (Å²) in [6.07, 6.45) is 2.52. The predicted octanol–water partition coefficient (Wildman–Crippen LogP) is 5.15. The van der Waals surface area contributed by atoms with E-state index in [2.05, 4.69) is 26.6 Å². The van der Waals surface area contributed by atoms with Gasteiger partial charge in [0.05, 0.1) is 7.11 Å². The summed E-state index contributed by atoms with van der Waals surface area (Å²) in [5.74, 6) is 3.01. The molecule has 4 aromatic rings. The third-order valence-electron chi connectivity index (χ3n) is 4.91. The first-order valence-corrected chi connectivity index (χ1v) is 9.67. The largest absolute Gasteiger partial charge is 0.497 e. The molecule has 0 amide bonds. The summed E-state index contributed by atoms with van der Waals surface area (Å²) in [5.41, 5.74) is 2.97. The first kappa shape index (κ1) is 19.2. The highest BCUT2D eigenvalue weighted by atomic mass is 35.5. The molecule has 0 saturated carbocycles. The van der Waals surface area contributed by atoms with Gasteiger partial charge < -0.3 is 13.8 Å². The van der Waals surface area contributed by atoms with E-state index >= 15 is 0 Å². The second kappa shape index (κ2) is 8.09. The molecule has 0 bridgehead atoms. The van der Waals surface area contributed by atoms with Gasteiger partial charge in [-0.15, -0.1) is 0 Å². The standard InChI is InChI=1S/C22H21ClN4O2/c1-14(11-20-25-21(26-29-20)16-5-4-6-17(23)12-16)19-13-24-22(27(19)2)15-7-9-18(28-3)10-8-15/h4-10,12-14H,11H2,1-3H3. The predicted molar refractivity (Wildman–Crippen MR) is 112 cm³/mol. The molecule has 0 N–H and O–H groups in total. The molecule has 1 unspecified atom stereocenters. The first-order valence-electron chi connectivity index (χ1n) is 9.29.